The standard InChI is InChI=1S/C15H15ClN2O2S/c1-17-15(19)13-9-18(8-10-6-7-14(16)21-10)11-4-2-3-5-12(11)20-13/h2-7,13H,8-9H2,1H3,(H,17,19)/t13-/m0/s1. The molecule has 1 aromatic carbocycles. The van der Waals surface area contributed by atoms with E-state index in [0.717, 1.165) is 20.7 Å². The number of ether oxygens (including phenoxy) is 1. The lowest BCUT2D eigenvalue weighted by molar-refractivity contribution is -0.127. The van der Waals surface area contributed by atoms with Crippen LogP contribution >= 0.6 is 22.9 Å². The molecule has 2 aromatic rings. The minimum absolute atomic E-state index is 0.112. The van der Waals surface area contributed by atoms with Crippen LogP contribution < -0.4 is 15.0 Å². The van der Waals surface area contributed by atoms with Gasteiger partial charge in [0, 0.05) is 11.9 Å². The van der Waals surface area contributed by atoms with Crippen molar-refractivity contribution in [2.24, 2.45) is 0 Å². The van der Waals surface area contributed by atoms with Crippen LogP contribution in [0.15, 0.2) is 36.4 Å². The van der Waals surface area contributed by atoms with Gasteiger partial charge in [0.05, 0.1) is 23.1 Å². The highest BCUT2D eigenvalue weighted by Crippen LogP contribution is 2.35. The van der Waals surface area contributed by atoms with E-state index in [4.69, 9.17) is 16.3 Å². The molecule has 1 aromatic heterocycles. The number of halogens is 1. The summed E-state index contributed by atoms with van der Waals surface area (Å²) in [6.07, 6.45) is -0.500. The average Bonchev–Trinajstić information content (AvgIpc) is 2.91. The van der Waals surface area contributed by atoms with Gasteiger partial charge in [-0.05, 0) is 24.3 Å². The molecule has 0 unspecified atom stereocenters. The number of carbonyl (C=O) groups excluding carboxylic acids is 1. The molecular formula is C15H15ClN2O2S. The highest BCUT2D eigenvalue weighted by Gasteiger charge is 2.30. The predicted octanol–water partition coefficient (Wildman–Crippen LogP) is 2.92. The largest absolute Gasteiger partial charge is 0.477 e. The van der Waals surface area contributed by atoms with E-state index < -0.39 is 6.10 Å². The van der Waals surface area contributed by atoms with Gasteiger partial charge in [0.2, 0.25) is 0 Å². The molecule has 0 spiro atoms. The molecule has 1 atom stereocenters. The number of likely N-dealkylation sites (N-methyl/N-ethyl adjacent to an activating group) is 1. The van der Waals surface area contributed by atoms with Crippen LogP contribution in [0.3, 0.4) is 0 Å². The smallest absolute Gasteiger partial charge is 0.262 e. The van der Waals surface area contributed by atoms with Gasteiger partial charge in [0.15, 0.2) is 6.10 Å². The summed E-state index contributed by atoms with van der Waals surface area (Å²) >= 11 is 7.54. The van der Waals surface area contributed by atoms with E-state index in [1.807, 2.05) is 36.4 Å². The van der Waals surface area contributed by atoms with E-state index in [9.17, 15) is 4.79 Å². The van der Waals surface area contributed by atoms with Crippen LogP contribution in [0, 0.1) is 0 Å². The van der Waals surface area contributed by atoms with Crippen LogP contribution in [0.5, 0.6) is 5.75 Å². The lowest BCUT2D eigenvalue weighted by Gasteiger charge is -2.35. The van der Waals surface area contributed by atoms with Gasteiger partial charge in [0.1, 0.15) is 5.75 Å². The maximum absolute atomic E-state index is 11.9. The lowest BCUT2D eigenvalue weighted by atomic mass is 10.1. The number of amides is 1. The molecule has 110 valence electrons. The number of para-hydroxylation sites is 2. The van der Waals surface area contributed by atoms with E-state index >= 15 is 0 Å². The number of thiophene rings is 1. The zero-order valence-electron chi connectivity index (χ0n) is 11.5. The van der Waals surface area contributed by atoms with Gasteiger partial charge in [0.25, 0.3) is 5.91 Å². The molecule has 0 bridgehead atoms. The summed E-state index contributed by atoms with van der Waals surface area (Å²) in [6.45, 7) is 1.23. The Balaban J connectivity index is 1.88. The lowest BCUT2D eigenvalue weighted by Crippen LogP contribution is -2.47. The van der Waals surface area contributed by atoms with Gasteiger partial charge in [-0.1, -0.05) is 23.7 Å². The van der Waals surface area contributed by atoms with Crippen molar-refractivity contribution in [2.75, 3.05) is 18.5 Å². The summed E-state index contributed by atoms with van der Waals surface area (Å²) in [5, 5.41) is 2.64. The topological polar surface area (TPSA) is 41.6 Å². The minimum atomic E-state index is -0.500. The highest BCUT2D eigenvalue weighted by molar-refractivity contribution is 7.16. The quantitative estimate of drug-likeness (QED) is 0.944. The van der Waals surface area contributed by atoms with Gasteiger partial charge in [-0.15, -0.1) is 11.3 Å². The monoisotopic (exact) mass is 322 g/mol. The number of fused-ring (bicyclic) bond motifs is 1. The van der Waals surface area contributed by atoms with Crippen molar-refractivity contribution in [1.29, 1.82) is 0 Å². The van der Waals surface area contributed by atoms with E-state index in [1.54, 1.807) is 18.4 Å². The molecule has 4 nitrogen and oxygen atoms in total. The Hall–Kier alpha value is -1.72. The Morgan fingerprint density at radius 3 is 2.95 bits per heavy atom. The Kier molecular flexibility index (Phi) is 4.03. The molecule has 0 saturated heterocycles. The molecule has 1 N–H and O–H groups in total. The number of nitrogens with zero attached hydrogens (tertiary/aromatic N) is 1. The molecule has 0 fully saturated rings. The van der Waals surface area contributed by atoms with Crippen LogP contribution in [0.1, 0.15) is 4.88 Å². The zero-order valence-corrected chi connectivity index (χ0v) is 13.1. The van der Waals surface area contributed by atoms with E-state index in [1.165, 1.54) is 0 Å². The Morgan fingerprint density at radius 2 is 2.24 bits per heavy atom. The first-order valence-electron chi connectivity index (χ1n) is 6.64. The summed E-state index contributed by atoms with van der Waals surface area (Å²) < 4.78 is 6.55. The number of benzene rings is 1. The van der Waals surface area contributed by atoms with Crippen molar-refractivity contribution in [3.05, 3.63) is 45.6 Å². The summed E-state index contributed by atoms with van der Waals surface area (Å²) in [5.41, 5.74) is 1.00. The van der Waals surface area contributed by atoms with Crippen molar-refractivity contribution in [1.82, 2.24) is 5.32 Å². The third kappa shape index (κ3) is 2.99. The molecule has 21 heavy (non-hydrogen) atoms. The van der Waals surface area contributed by atoms with Crippen LogP contribution in [0.4, 0.5) is 5.69 Å². The summed E-state index contributed by atoms with van der Waals surface area (Å²) in [6, 6.07) is 11.7. The van der Waals surface area contributed by atoms with Crippen molar-refractivity contribution in [3.8, 4) is 5.75 Å². The number of rotatable bonds is 3. The van der Waals surface area contributed by atoms with Crippen molar-refractivity contribution in [3.63, 3.8) is 0 Å². The molecule has 1 aliphatic rings. The number of hydrogen-bond donors (Lipinski definition) is 1. The van der Waals surface area contributed by atoms with Gasteiger partial charge >= 0.3 is 0 Å². The molecular weight excluding hydrogens is 308 g/mol. The van der Waals surface area contributed by atoms with Crippen LogP contribution in [0.2, 0.25) is 4.34 Å². The summed E-state index contributed by atoms with van der Waals surface area (Å²) in [7, 11) is 1.62. The van der Waals surface area contributed by atoms with E-state index in [2.05, 4.69) is 10.2 Å². The Labute approximate surface area is 132 Å². The fourth-order valence-corrected chi connectivity index (χ4v) is 3.48. The van der Waals surface area contributed by atoms with Crippen LogP contribution in [-0.2, 0) is 11.3 Å². The fraction of sp³-hybridized carbons (Fsp3) is 0.267. The predicted molar refractivity (Wildman–Crippen MR) is 85.3 cm³/mol. The molecule has 2 heterocycles. The fourth-order valence-electron chi connectivity index (χ4n) is 2.38. The first-order chi connectivity index (χ1) is 10.2. The second-order valence-electron chi connectivity index (χ2n) is 4.77. The minimum Gasteiger partial charge on any atom is -0.477 e. The maximum Gasteiger partial charge on any atom is 0.262 e. The highest BCUT2D eigenvalue weighted by atomic mass is 35.5. The van der Waals surface area contributed by atoms with Gasteiger partial charge < -0.3 is 15.0 Å². The van der Waals surface area contributed by atoms with E-state index in [0.29, 0.717) is 13.1 Å². The van der Waals surface area contributed by atoms with Gasteiger partial charge in [-0.2, -0.15) is 0 Å². The van der Waals surface area contributed by atoms with Crippen molar-refractivity contribution < 1.29 is 9.53 Å². The van der Waals surface area contributed by atoms with Crippen molar-refractivity contribution in [2.45, 2.75) is 12.6 Å². The van der Waals surface area contributed by atoms with Gasteiger partial charge in [-0.25, -0.2) is 0 Å². The number of hydrogen-bond acceptors (Lipinski definition) is 4. The summed E-state index contributed by atoms with van der Waals surface area (Å²) in [5.74, 6) is 0.624. The first-order valence-corrected chi connectivity index (χ1v) is 7.83. The SMILES string of the molecule is CNC(=O)[C@@H]1CN(Cc2ccc(Cl)s2)c2ccccc2O1. The first kappa shape index (κ1) is 14.2. The molecule has 6 heteroatoms. The zero-order chi connectivity index (χ0) is 14.8. The molecule has 1 amide bonds. The van der Waals surface area contributed by atoms with Crippen LogP contribution in [0.25, 0.3) is 0 Å². The molecule has 0 radical (unpaired) electrons. The van der Waals surface area contributed by atoms with Gasteiger partial charge in [-0.3, -0.25) is 4.79 Å². The third-order valence-electron chi connectivity index (χ3n) is 3.38. The summed E-state index contributed by atoms with van der Waals surface area (Å²) in [4.78, 5) is 15.2. The molecule has 1 aliphatic heterocycles. The Morgan fingerprint density at radius 1 is 1.43 bits per heavy atom. The molecule has 3 rings (SSSR count). The Bertz CT molecular complexity index is 659. The maximum atomic E-state index is 11.9. The number of carbonyl (C=O) groups is 1. The van der Waals surface area contributed by atoms with Crippen molar-refractivity contribution >= 4 is 34.5 Å². The third-order valence-corrected chi connectivity index (χ3v) is 4.59. The number of nitrogens with one attached hydrogen (secondary N) is 1. The number of anilines is 1. The molecule has 0 saturated carbocycles. The average molecular weight is 323 g/mol. The normalized spacial score (nSPS) is 17.0. The second-order valence-corrected chi connectivity index (χ2v) is 6.57. The second kappa shape index (κ2) is 5.95. The van der Waals surface area contributed by atoms with Crippen LogP contribution in [-0.4, -0.2) is 25.6 Å². The molecule has 0 aliphatic carbocycles. The van der Waals surface area contributed by atoms with E-state index in [-0.39, 0.29) is 5.91 Å².